The molecular formula is C16H24N4O. The molecule has 1 aliphatic heterocycles. The smallest absolute Gasteiger partial charge is 0.223 e. The normalized spacial score (nSPS) is 26.5. The van der Waals surface area contributed by atoms with Gasteiger partial charge in [-0.15, -0.1) is 0 Å². The first-order valence-corrected chi connectivity index (χ1v) is 7.77. The first kappa shape index (κ1) is 14.3. The number of rotatable bonds is 3. The van der Waals surface area contributed by atoms with Crippen molar-refractivity contribution in [3.8, 4) is 0 Å². The van der Waals surface area contributed by atoms with Gasteiger partial charge in [0.25, 0.3) is 0 Å². The molecule has 0 N–H and O–H groups in total. The Kier molecular flexibility index (Phi) is 4.10. The van der Waals surface area contributed by atoms with E-state index in [4.69, 9.17) is 0 Å². The van der Waals surface area contributed by atoms with Crippen LogP contribution in [-0.4, -0.2) is 51.9 Å². The molecule has 5 heteroatoms. The van der Waals surface area contributed by atoms with Gasteiger partial charge in [0.15, 0.2) is 0 Å². The molecule has 1 aromatic rings. The third-order valence-electron chi connectivity index (χ3n) is 4.71. The molecule has 0 unspecified atom stereocenters. The van der Waals surface area contributed by atoms with E-state index >= 15 is 0 Å². The van der Waals surface area contributed by atoms with Gasteiger partial charge in [-0.1, -0.05) is 12.2 Å². The maximum Gasteiger partial charge on any atom is 0.223 e. The zero-order valence-electron chi connectivity index (χ0n) is 12.9. The second-order valence-electron chi connectivity index (χ2n) is 6.20. The number of carbonyl (C=O) groups is 1. The monoisotopic (exact) mass is 288 g/mol. The number of allylic oxidation sites excluding steroid dienone is 2. The predicted molar refractivity (Wildman–Crippen MR) is 81.6 cm³/mol. The Labute approximate surface area is 126 Å². The molecule has 5 nitrogen and oxygen atoms in total. The number of aromatic nitrogens is 2. The first-order valence-electron chi connectivity index (χ1n) is 7.77. The van der Waals surface area contributed by atoms with Crippen LogP contribution in [0, 0.1) is 5.92 Å². The minimum absolute atomic E-state index is 0.196. The molecule has 2 atom stereocenters. The molecule has 114 valence electrons. The van der Waals surface area contributed by atoms with Crippen LogP contribution in [0.4, 0.5) is 0 Å². The predicted octanol–water partition coefficient (Wildman–Crippen LogP) is 1.59. The van der Waals surface area contributed by atoms with Gasteiger partial charge in [0.1, 0.15) is 5.82 Å². The zero-order valence-corrected chi connectivity index (χ0v) is 12.9. The van der Waals surface area contributed by atoms with Crippen LogP contribution in [0.2, 0.25) is 0 Å². The van der Waals surface area contributed by atoms with E-state index in [0.717, 1.165) is 38.3 Å². The van der Waals surface area contributed by atoms with Crippen molar-refractivity contribution < 1.29 is 4.79 Å². The Hall–Kier alpha value is -1.62. The average Bonchev–Trinajstić information content (AvgIpc) is 3.11. The maximum atomic E-state index is 12.5. The van der Waals surface area contributed by atoms with Crippen molar-refractivity contribution in [2.75, 3.05) is 26.7 Å². The van der Waals surface area contributed by atoms with Crippen LogP contribution in [0.1, 0.15) is 31.1 Å². The Bertz CT molecular complexity index is 536. The molecule has 2 heterocycles. The second-order valence-corrected chi connectivity index (χ2v) is 6.20. The number of likely N-dealkylation sites (N-methyl/N-ethyl adjacent to an activating group) is 1. The summed E-state index contributed by atoms with van der Waals surface area (Å²) in [7, 11) is 4.13. The summed E-state index contributed by atoms with van der Waals surface area (Å²) in [4.78, 5) is 21.3. The van der Waals surface area contributed by atoms with Gasteiger partial charge in [-0.3, -0.25) is 9.69 Å². The van der Waals surface area contributed by atoms with Crippen LogP contribution in [0.25, 0.3) is 0 Å². The summed E-state index contributed by atoms with van der Waals surface area (Å²) in [6.45, 7) is 2.48. The first-order chi connectivity index (χ1) is 10.1. The van der Waals surface area contributed by atoms with E-state index in [1.165, 1.54) is 0 Å². The molecule has 0 radical (unpaired) electrons. The minimum Gasteiger partial charge on any atom is -0.339 e. The standard InChI is InChI=1S/C16H24N4O/c1-18-9-10-20(15(21)11-13-5-3-4-6-13)12-14(18)16-17-7-8-19(16)2/h3,5,7-8,13-14H,4,6,9-12H2,1-2H3/t13-,14-/m1/s1. The van der Waals surface area contributed by atoms with E-state index < -0.39 is 0 Å². The van der Waals surface area contributed by atoms with Crippen LogP contribution in [-0.2, 0) is 11.8 Å². The lowest BCUT2D eigenvalue weighted by Crippen LogP contribution is -2.49. The molecule has 1 fully saturated rings. The SMILES string of the molecule is CN1CCN(C(=O)C[C@@H]2C=CCC2)C[C@@H]1c1nccn1C. The van der Waals surface area contributed by atoms with Crippen molar-refractivity contribution in [3.05, 3.63) is 30.4 Å². The van der Waals surface area contributed by atoms with E-state index in [9.17, 15) is 4.79 Å². The highest BCUT2D eigenvalue weighted by atomic mass is 16.2. The summed E-state index contributed by atoms with van der Waals surface area (Å²) in [6, 6.07) is 0.196. The van der Waals surface area contributed by atoms with Gasteiger partial charge in [-0.25, -0.2) is 4.98 Å². The summed E-state index contributed by atoms with van der Waals surface area (Å²) >= 11 is 0. The number of aryl methyl sites for hydroxylation is 1. The number of nitrogens with zero attached hydrogens (tertiary/aromatic N) is 4. The van der Waals surface area contributed by atoms with Gasteiger partial charge < -0.3 is 9.47 Å². The van der Waals surface area contributed by atoms with E-state index in [1.54, 1.807) is 0 Å². The zero-order chi connectivity index (χ0) is 14.8. The molecule has 1 amide bonds. The molecule has 0 spiro atoms. The lowest BCUT2D eigenvalue weighted by molar-refractivity contribution is -0.134. The van der Waals surface area contributed by atoms with E-state index in [2.05, 4.69) is 33.7 Å². The van der Waals surface area contributed by atoms with E-state index in [1.807, 2.05) is 24.3 Å². The van der Waals surface area contributed by atoms with Crippen LogP contribution in [0.15, 0.2) is 24.5 Å². The lowest BCUT2D eigenvalue weighted by atomic mass is 10.0. The largest absolute Gasteiger partial charge is 0.339 e. The van der Waals surface area contributed by atoms with Crippen molar-refractivity contribution in [2.45, 2.75) is 25.3 Å². The van der Waals surface area contributed by atoms with Crippen LogP contribution in [0.5, 0.6) is 0 Å². The van der Waals surface area contributed by atoms with Gasteiger partial charge in [0, 0.05) is 45.5 Å². The second kappa shape index (κ2) is 6.02. The number of hydrogen-bond donors (Lipinski definition) is 0. The minimum atomic E-state index is 0.196. The summed E-state index contributed by atoms with van der Waals surface area (Å²) in [5, 5.41) is 0. The van der Waals surface area contributed by atoms with Gasteiger partial charge in [-0.2, -0.15) is 0 Å². The van der Waals surface area contributed by atoms with Crippen molar-refractivity contribution in [1.82, 2.24) is 19.4 Å². The summed E-state index contributed by atoms with van der Waals surface area (Å²) in [5.41, 5.74) is 0. The number of carbonyl (C=O) groups excluding carboxylic acids is 1. The lowest BCUT2D eigenvalue weighted by Gasteiger charge is -2.39. The Morgan fingerprint density at radius 3 is 2.90 bits per heavy atom. The van der Waals surface area contributed by atoms with Gasteiger partial charge in [0.2, 0.25) is 5.91 Å². The number of amides is 1. The van der Waals surface area contributed by atoms with Crippen molar-refractivity contribution in [3.63, 3.8) is 0 Å². The third-order valence-corrected chi connectivity index (χ3v) is 4.71. The van der Waals surface area contributed by atoms with Crippen LogP contribution >= 0.6 is 0 Å². The highest BCUT2D eigenvalue weighted by Gasteiger charge is 2.31. The van der Waals surface area contributed by atoms with E-state index in [0.29, 0.717) is 18.2 Å². The Morgan fingerprint density at radius 2 is 2.24 bits per heavy atom. The molecule has 1 saturated heterocycles. The molecular weight excluding hydrogens is 264 g/mol. The topological polar surface area (TPSA) is 41.4 Å². The molecule has 1 aliphatic carbocycles. The molecule has 0 bridgehead atoms. The summed E-state index contributed by atoms with van der Waals surface area (Å²) in [5.74, 6) is 1.78. The summed E-state index contributed by atoms with van der Waals surface area (Å²) < 4.78 is 2.05. The molecule has 2 aliphatic rings. The number of piperazine rings is 1. The summed E-state index contributed by atoms with van der Waals surface area (Å²) in [6.07, 6.45) is 11.1. The van der Waals surface area contributed by atoms with Gasteiger partial charge >= 0.3 is 0 Å². The fourth-order valence-electron chi connectivity index (χ4n) is 3.30. The Morgan fingerprint density at radius 1 is 1.38 bits per heavy atom. The maximum absolute atomic E-state index is 12.5. The molecule has 3 rings (SSSR count). The molecule has 21 heavy (non-hydrogen) atoms. The van der Waals surface area contributed by atoms with Crippen molar-refractivity contribution >= 4 is 5.91 Å². The average molecular weight is 288 g/mol. The van der Waals surface area contributed by atoms with Crippen LogP contribution in [0.3, 0.4) is 0 Å². The highest BCUT2D eigenvalue weighted by Crippen LogP contribution is 2.25. The molecule has 0 saturated carbocycles. The molecule has 0 aromatic carbocycles. The van der Waals surface area contributed by atoms with Crippen molar-refractivity contribution in [1.29, 1.82) is 0 Å². The number of imidazole rings is 1. The van der Waals surface area contributed by atoms with Gasteiger partial charge in [0.05, 0.1) is 6.04 Å². The fourth-order valence-corrected chi connectivity index (χ4v) is 3.30. The quantitative estimate of drug-likeness (QED) is 0.793. The number of hydrogen-bond acceptors (Lipinski definition) is 3. The third kappa shape index (κ3) is 3.02. The van der Waals surface area contributed by atoms with Crippen molar-refractivity contribution in [2.24, 2.45) is 13.0 Å². The fraction of sp³-hybridized carbons (Fsp3) is 0.625. The van der Waals surface area contributed by atoms with Gasteiger partial charge in [-0.05, 0) is 25.8 Å². The highest BCUT2D eigenvalue weighted by molar-refractivity contribution is 5.77. The molecule has 1 aromatic heterocycles. The van der Waals surface area contributed by atoms with Crippen LogP contribution < -0.4 is 0 Å². The Balaban J connectivity index is 1.66. The van der Waals surface area contributed by atoms with E-state index in [-0.39, 0.29) is 6.04 Å².